The molecule has 2 bridgehead atoms. The number of aromatic nitrogens is 4. The van der Waals surface area contributed by atoms with Crippen molar-refractivity contribution in [3.63, 3.8) is 0 Å². The number of fused-ring (bicyclic) bond motifs is 3. The van der Waals surface area contributed by atoms with Crippen LogP contribution in [-0.4, -0.2) is 30.3 Å². The highest BCUT2D eigenvalue weighted by molar-refractivity contribution is 5.58. The first-order valence-corrected chi connectivity index (χ1v) is 8.97. The molecule has 2 aliphatic carbocycles. The third-order valence-electron chi connectivity index (χ3n) is 7.16. The van der Waals surface area contributed by atoms with E-state index >= 15 is 0 Å². The molecule has 0 aliphatic heterocycles. The van der Waals surface area contributed by atoms with E-state index in [1.165, 1.54) is 17.3 Å². The largest absolute Gasteiger partial charge is 0.382 e. The molecule has 2 heterocycles. The molecule has 4 rings (SSSR count). The van der Waals surface area contributed by atoms with Crippen LogP contribution >= 0.6 is 0 Å². The maximum atomic E-state index is 11.4. The first-order chi connectivity index (χ1) is 11.7. The van der Waals surface area contributed by atoms with Crippen LogP contribution in [0.5, 0.6) is 0 Å². The number of anilines is 1. The second-order valence-electron chi connectivity index (χ2n) is 8.25. The van der Waals surface area contributed by atoms with Gasteiger partial charge in [0.15, 0.2) is 0 Å². The second kappa shape index (κ2) is 4.95. The number of hydrogen-bond acceptors (Lipinski definition) is 5. The molecule has 2 saturated carbocycles. The van der Waals surface area contributed by atoms with Crippen LogP contribution in [0.1, 0.15) is 58.2 Å². The molecule has 6 heteroatoms. The predicted molar refractivity (Wildman–Crippen MR) is 95.6 cm³/mol. The minimum Gasteiger partial charge on any atom is -0.382 e. The summed E-state index contributed by atoms with van der Waals surface area (Å²) in [6.07, 6.45) is 5.03. The zero-order chi connectivity index (χ0) is 18.0. The molecule has 0 unspecified atom stereocenters. The van der Waals surface area contributed by atoms with E-state index in [0.29, 0.717) is 29.5 Å². The van der Waals surface area contributed by atoms with Gasteiger partial charge < -0.3 is 10.8 Å². The van der Waals surface area contributed by atoms with Crippen LogP contribution in [0, 0.1) is 28.6 Å². The maximum Gasteiger partial charge on any atom is 0.254 e. The van der Waals surface area contributed by atoms with Gasteiger partial charge in [0.1, 0.15) is 17.7 Å². The number of nitrogens with two attached hydrogens (primary N) is 1. The van der Waals surface area contributed by atoms with Crippen molar-refractivity contribution in [2.24, 2.45) is 16.7 Å². The zero-order valence-electron chi connectivity index (χ0n) is 15.3. The quantitative estimate of drug-likeness (QED) is 0.778. The summed E-state index contributed by atoms with van der Waals surface area (Å²) in [5.41, 5.74) is 6.60. The van der Waals surface area contributed by atoms with Gasteiger partial charge in [0.05, 0.1) is 11.3 Å². The monoisotopic (exact) mass is 339 g/mol. The molecule has 2 aromatic heterocycles. The van der Waals surface area contributed by atoms with Crippen molar-refractivity contribution in [3.05, 3.63) is 17.6 Å². The smallest absolute Gasteiger partial charge is 0.254 e. The fourth-order valence-electron chi connectivity index (χ4n) is 4.93. The molecule has 25 heavy (non-hydrogen) atoms. The summed E-state index contributed by atoms with van der Waals surface area (Å²) < 4.78 is 1.50. The summed E-state index contributed by atoms with van der Waals surface area (Å²) in [5.74, 6) is 7.79. The van der Waals surface area contributed by atoms with Crippen LogP contribution in [0.25, 0.3) is 5.78 Å². The van der Waals surface area contributed by atoms with E-state index in [1.54, 1.807) is 0 Å². The average Bonchev–Trinajstić information content (AvgIpc) is 3.16. The first kappa shape index (κ1) is 16.3. The van der Waals surface area contributed by atoms with Gasteiger partial charge in [-0.05, 0) is 37.0 Å². The van der Waals surface area contributed by atoms with Crippen LogP contribution in [-0.2, 0) is 6.42 Å². The van der Waals surface area contributed by atoms with Crippen LogP contribution in [0.15, 0.2) is 6.33 Å². The van der Waals surface area contributed by atoms with E-state index < -0.39 is 5.60 Å². The van der Waals surface area contributed by atoms with Crippen LogP contribution in [0.3, 0.4) is 0 Å². The molecule has 2 aliphatic rings. The lowest BCUT2D eigenvalue weighted by atomic mass is 9.64. The number of aryl methyl sites for hydroxylation is 1. The third-order valence-corrected chi connectivity index (χ3v) is 7.16. The first-order valence-electron chi connectivity index (χ1n) is 8.97. The van der Waals surface area contributed by atoms with Crippen molar-refractivity contribution in [1.29, 1.82) is 0 Å². The van der Waals surface area contributed by atoms with Gasteiger partial charge in [-0.2, -0.15) is 14.6 Å². The van der Waals surface area contributed by atoms with E-state index in [4.69, 9.17) is 5.73 Å². The lowest BCUT2D eigenvalue weighted by Crippen LogP contribution is -2.46. The Morgan fingerprint density at radius 1 is 1.40 bits per heavy atom. The summed E-state index contributed by atoms with van der Waals surface area (Å²) in [5, 5.41) is 15.5. The van der Waals surface area contributed by atoms with E-state index in [9.17, 15) is 5.11 Å². The molecular weight excluding hydrogens is 314 g/mol. The normalized spacial score (nSPS) is 32.8. The summed E-state index contributed by atoms with van der Waals surface area (Å²) in [4.78, 5) is 8.61. The summed E-state index contributed by atoms with van der Waals surface area (Å²) in [6.45, 7) is 8.71. The Labute approximate surface area is 147 Å². The zero-order valence-corrected chi connectivity index (χ0v) is 15.3. The Balaban J connectivity index is 1.83. The topological polar surface area (TPSA) is 89.3 Å². The number of nitrogen functional groups attached to an aromatic ring is 1. The number of aliphatic hydroxyl groups is 1. The van der Waals surface area contributed by atoms with Crippen molar-refractivity contribution in [2.45, 2.75) is 59.0 Å². The number of hydrogen-bond donors (Lipinski definition) is 2. The number of rotatable bonds is 1. The Hall–Kier alpha value is -2.13. The summed E-state index contributed by atoms with van der Waals surface area (Å²) in [6, 6.07) is 0. The Bertz CT molecular complexity index is 921. The molecule has 132 valence electrons. The van der Waals surface area contributed by atoms with Gasteiger partial charge in [-0.15, -0.1) is 0 Å². The molecular formula is C19H25N5O. The summed E-state index contributed by atoms with van der Waals surface area (Å²) >= 11 is 0. The molecule has 0 amide bonds. The van der Waals surface area contributed by atoms with Crippen LogP contribution < -0.4 is 5.73 Å². The highest BCUT2D eigenvalue weighted by Crippen LogP contribution is 2.69. The molecule has 0 radical (unpaired) electrons. The standard InChI is InChI=1S/C19H25N5O/c1-5-14-13(15(20)24-16(23-14)21-11-22-24)7-9-19(25)10-12-6-8-18(19,4)17(12,2)3/h11-12,25H,5-6,8,10,20H2,1-4H3/t12-,18-,19-/m1/s1. The highest BCUT2D eigenvalue weighted by atomic mass is 16.3. The van der Waals surface area contributed by atoms with Gasteiger partial charge in [0.25, 0.3) is 5.78 Å². The Morgan fingerprint density at radius 2 is 2.16 bits per heavy atom. The molecule has 3 N–H and O–H groups in total. The van der Waals surface area contributed by atoms with Gasteiger partial charge in [-0.25, -0.2) is 4.98 Å². The van der Waals surface area contributed by atoms with Crippen LogP contribution in [0.4, 0.5) is 5.82 Å². The van der Waals surface area contributed by atoms with Gasteiger partial charge >= 0.3 is 0 Å². The fourth-order valence-corrected chi connectivity index (χ4v) is 4.93. The van der Waals surface area contributed by atoms with Gasteiger partial charge in [-0.3, -0.25) is 0 Å². The predicted octanol–water partition coefficient (Wildman–Crippen LogP) is 2.20. The minimum absolute atomic E-state index is 0.0870. The number of nitrogens with zero attached hydrogens (tertiary/aromatic N) is 4. The summed E-state index contributed by atoms with van der Waals surface area (Å²) in [7, 11) is 0. The molecule has 3 atom stereocenters. The Kier molecular flexibility index (Phi) is 3.24. The lowest BCUT2D eigenvalue weighted by molar-refractivity contribution is -0.0432. The van der Waals surface area contributed by atoms with Crippen molar-refractivity contribution in [3.8, 4) is 11.8 Å². The second-order valence-corrected chi connectivity index (χ2v) is 8.25. The molecule has 0 spiro atoms. The maximum absolute atomic E-state index is 11.4. The third kappa shape index (κ3) is 1.93. The Morgan fingerprint density at radius 3 is 2.76 bits per heavy atom. The SMILES string of the molecule is CCc1nc2ncnn2c(N)c1C#C[C@@]1(O)C[C@H]2CC[C@]1(C)C2(C)C. The van der Waals surface area contributed by atoms with Gasteiger partial charge in [-0.1, -0.05) is 39.5 Å². The van der Waals surface area contributed by atoms with E-state index in [1.807, 2.05) is 6.92 Å². The molecule has 6 nitrogen and oxygen atoms in total. The van der Waals surface area contributed by atoms with E-state index in [-0.39, 0.29) is 10.8 Å². The minimum atomic E-state index is -0.992. The van der Waals surface area contributed by atoms with Gasteiger partial charge in [0, 0.05) is 5.41 Å². The van der Waals surface area contributed by atoms with E-state index in [0.717, 1.165) is 18.5 Å². The average molecular weight is 339 g/mol. The van der Waals surface area contributed by atoms with Crippen molar-refractivity contribution in [1.82, 2.24) is 19.6 Å². The molecule has 0 saturated heterocycles. The van der Waals surface area contributed by atoms with Crippen LogP contribution in [0.2, 0.25) is 0 Å². The molecule has 2 fully saturated rings. The van der Waals surface area contributed by atoms with Crippen molar-refractivity contribution >= 4 is 11.6 Å². The molecule has 2 aromatic rings. The fraction of sp³-hybridized carbons (Fsp3) is 0.632. The highest BCUT2D eigenvalue weighted by Gasteiger charge is 2.68. The molecule has 0 aromatic carbocycles. The van der Waals surface area contributed by atoms with E-state index in [2.05, 4.69) is 47.7 Å². The lowest BCUT2D eigenvalue weighted by Gasteiger charge is -2.42. The van der Waals surface area contributed by atoms with Crippen molar-refractivity contribution < 1.29 is 5.11 Å². The van der Waals surface area contributed by atoms with Gasteiger partial charge in [0.2, 0.25) is 0 Å². The van der Waals surface area contributed by atoms with Crippen molar-refractivity contribution in [2.75, 3.05) is 5.73 Å².